The van der Waals surface area contributed by atoms with E-state index in [0.717, 1.165) is 55.3 Å². The molecule has 2 heterocycles. The molecule has 0 unspecified atom stereocenters. The fraction of sp³-hybridized carbons (Fsp3) is 0.536. The number of nitrogens with one attached hydrogen (secondary N) is 2. The number of morpholine rings is 1. The maximum atomic E-state index is 13.7. The van der Waals surface area contributed by atoms with Crippen molar-refractivity contribution in [3.8, 4) is 0 Å². The number of aliphatic hydroxyl groups excluding tert-OH is 1. The van der Waals surface area contributed by atoms with Crippen LogP contribution < -0.4 is 19.8 Å². The zero-order valence-corrected chi connectivity index (χ0v) is 24.2. The highest BCUT2D eigenvalue weighted by Gasteiger charge is 2.44. The van der Waals surface area contributed by atoms with Gasteiger partial charge >= 0.3 is 0 Å². The Hall–Kier alpha value is -2.47. The van der Waals surface area contributed by atoms with E-state index in [0.29, 0.717) is 29.0 Å². The van der Waals surface area contributed by atoms with E-state index in [2.05, 4.69) is 26.8 Å². The Kier molecular flexibility index (Phi) is 8.32. The Labute approximate surface area is 235 Å². The molecule has 39 heavy (non-hydrogen) atoms. The normalized spacial score (nSPS) is 20.6. The summed E-state index contributed by atoms with van der Waals surface area (Å²) in [6, 6.07) is 11.0. The third-order valence-electron chi connectivity index (χ3n) is 8.02. The summed E-state index contributed by atoms with van der Waals surface area (Å²) in [6.07, 6.45) is 6.88. The van der Waals surface area contributed by atoms with E-state index in [4.69, 9.17) is 9.84 Å². The van der Waals surface area contributed by atoms with Crippen molar-refractivity contribution >= 4 is 50.4 Å². The van der Waals surface area contributed by atoms with Gasteiger partial charge in [-0.3, -0.25) is 9.52 Å². The molecule has 1 atom stereocenters. The van der Waals surface area contributed by atoms with Gasteiger partial charge in [0.15, 0.2) is 0 Å². The molecular formula is C28H38N4O5S2. The molecule has 1 spiro atoms. The predicted octanol–water partition coefficient (Wildman–Crippen LogP) is 4.00. The quantitative estimate of drug-likeness (QED) is 0.386. The van der Waals surface area contributed by atoms with E-state index >= 15 is 0 Å². The monoisotopic (exact) mass is 574 g/mol. The van der Waals surface area contributed by atoms with Crippen LogP contribution in [0.3, 0.4) is 0 Å². The first-order valence-electron chi connectivity index (χ1n) is 13.6. The van der Waals surface area contributed by atoms with Crippen molar-refractivity contribution in [1.82, 2.24) is 0 Å². The fourth-order valence-electron chi connectivity index (χ4n) is 5.55. The highest BCUT2D eigenvalue weighted by atomic mass is 32.2. The lowest BCUT2D eigenvalue weighted by Crippen LogP contribution is -2.41. The number of thioether (sulfide) groups is 1. The van der Waals surface area contributed by atoms with Gasteiger partial charge in [-0.2, -0.15) is 0 Å². The highest BCUT2D eigenvalue weighted by Crippen LogP contribution is 2.54. The maximum Gasteiger partial charge on any atom is 0.257 e. The first kappa shape index (κ1) is 28.1. The lowest BCUT2D eigenvalue weighted by molar-refractivity contribution is 0.0530. The van der Waals surface area contributed by atoms with Gasteiger partial charge in [0.1, 0.15) is 0 Å². The molecule has 212 valence electrons. The molecule has 1 saturated carbocycles. The Balaban J connectivity index is 1.41. The molecule has 2 aromatic carbocycles. The van der Waals surface area contributed by atoms with E-state index in [1.165, 1.54) is 12.8 Å². The minimum absolute atomic E-state index is 0.141. The van der Waals surface area contributed by atoms with Gasteiger partial charge in [-0.1, -0.05) is 0 Å². The number of ether oxygens (including phenoxy) is 1. The summed E-state index contributed by atoms with van der Waals surface area (Å²) in [5.74, 6) is -0.618. The van der Waals surface area contributed by atoms with Crippen LogP contribution in [0.25, 0.3) is 0 Å². The molecule has 2 saturated heterocycles. The number of hydrogen-bond acceptors (Lipinski definition) is 8. The summed E-state index contributed by atoms with van der Waals surface area (Å²) < 4.78 is 32.9. The molecule has 2 aliphatic heterocycles. The van der Waals surface area contributed by atoms with E-state index in [9.17, 15) is 13.2 Å². The van der Waals surface area contributed by atoms with E-state index in [1.807, 2.05) is 24.5 Å². The average Bonchev–Trinajstić information content (AvgIpc) is 3.67. The zero-order chi connectivity index (χ0) is 27.6. The number of piperidine rings is 1. The van der Waals surface area contributed by atoms with Gasteiger partial charge in [-0.15, -0.1) is 11.8 Å². The lowest BCUT2D eigenvalue weighted by atomic mass is 9.93. The van der Waals surface area contributed by atoms with Gasteiger partial charge in [0.2, 0.25) is 10.0 Å². The van der Waals surface area contributed by atoms with Crippen molar-refractivity contribution in [1.29, 1.82) is 0 Å². The van der Waals surface area contributed by atoms with Crippen molar-refractivity contribution < 1.29 is 23.1 Å². The molecule has 0 aromatic heterocycles. The maximum absolute atomic E-state index is 13.7. The molecule has 0 radical (unpaired) electrons. The van der Waals surface area contributed by atoms with Crippen LogP contribution in [-0.4, -0.2) is 76.9 Å². The van der Waals surface area contributed by atoms with Crippen molar-refractivity contribution in [3.63, 3.8) is 0 Å². The largest absolute Gasteiger partial charge is 0.395 e. The Bertz CT molecular complexity index is 1310. The molecule has 3 aliphatic rings. The zero-order valence-electron chi connectivity index (χ0n) is 22.6. The number of sulfonamides is 1. The summed E-state index contributed by atoms with van der Waals surface area (Å²) in [4.78, 5) is 19.3. The number of anilines is 4. The standard InChI is InChI=1S/C28H38N4O5S2/c1-20-19-32(13-15-37-20)25-17-21(4-6-26(25)38-2)29-27(34)23-5-3-22(30-39(35,36)16-14-33)18-24(23)31-11-9-28(7-8-28)10-12-31/h3-6,17-18,20,30,33H,7-16,19H2,1-2H3,(H,29,34)/t20-/m0/s1. The summed E-state index contributed by atoms with van der Waals surface area (Å²) in [6.45, 7) is 5.52. The molecule has 3 N–H and O–H groups in total. The second-order valence-corrected chi connectivity index (χ2v) is 13.5. The topological polar surface area (TPSA) is 111 Å². The predicted molar refractivity (Wildman–Crippen MR) is 158 cm³/mol. The molecule has 1 aliphatic carbocycles. The molecule has 9 nitrogen and oxygen atoms in total. The van der Waals surface area contributed by atoms with Crippen molar-refractivity contribution in [2.75, 3.05) is 71.2 Å². The molecule has 11 heteroatoms. The number of carbonyl (C=O) groups excluding carboxylic acids is 1. The van der Waals surface area contributed by atoms with Gasteiger partial charge in [0.05, 0.1) is 47.7 Å². The first-order valence-corrected chi connectivity index (χ1v) is 16.4. The molecule has 5 rings (SSSR count). The minimum Gasteiger partial charge on any atom is -0.395 e. The van der Waals surface area contributed by atoms with Crippen LogP contribution in [0.15, 0.2) is 41.3 Å². The van der Waals surface area contributed by atoms with Crippen LogP contribution in [0, 0.1) is 5.41 Å². The van der Waals surface area contributed by atoms with Crippen LogP contribution in [0.4, 0.5) is 22.7 Å². The number of aliphatic hydroxyl groups is 1. The van der Waals surface area contributed by atoms with Crippen LogP contribution in [-0.2, 0) is 14.8 Å². The first-order chi connectivity index (χ1) is 18.7. The van der Waals surface area contributed by atoms with E-state index in [1.54, 1.807) is 30.0 Å². The summed E-state index contributed by atoms with van der Waals surface area (Å²) >= 11 is 1.68. The number of carbonyl (C=O) groups is 1. The van der Waals surface area contributed by atoms with Gasteiger partial charge in [-0.25, -0.2) is 8.42 Å². The summed E-state index contributed by atoms with van der Waals surface area (Å²) in [5.41, 5.74) is 3.86. The minimum atomic E-state index is -3.68. The Morgan fingerprint density at radius 3 is 2.44 bits per heavy atom. The Morgan fingerprint density at radius 2 is 1.77 bits per heavy atom. The lowest BCUT2D eigenvalue weighted by Gasteiger charge is -2.35. The van der Waals surface area contributed by atoms with Gasteiger partial charge in [0.25, 0.3) is 5.91 Å². The number of benzene rings is 2. The van der Waals surface area contributed by atoms with Crippen molar-refractivity contribution in [3.05, 3.63) is 42.0 Å². The second kappa shape index (κ2) is 11.6. The van der Waals surface area contributed by atoms with Crippen LogP contribution >= 0.6 is 11.8 Å². The highest BCUT2D eigenvalue weighted by molar-refractivity contribution is 7.98. The number of hydrogen-bond donors (Lipinski definition) is 3. The summed E-state index contributed by atoms with van der Waals surface area (Å²) in [7, 11) is -3.68. The van der Waals surface area contributed by atoms with E-state index in [-0.39, 0.29) is 17.8 Å². The third kappa shape index (κ3) is 6.65. The molecule has 1 amide bonds. The number of rotatable bonds is 9. The van der Waals surface area contributed by atoms with E-state index < -0.39 is 16.6 Å². The summed E-state index contributed by atoms with van der Waals surface area (Å²) in [5, 5.41) is 12.2. The molecular weight excluding hydrogens is 536 g/mol. The molecule has 0 bridgehead atoms. The van der Waals surface area contributed by atoms with Crippen molar-refractivity contribution in [2.45, 2.75) is 43.6 Å². The average molecular weight is 575 g/mol. The number of amides is 1. The molecule has 3 fully saturated rings. The van der Waals surface area contributed by atoms with Gasteiger partial charge in [0, 0.05) is 36.8 Å². The fourth-order valence-corrected chi connectivity index (χ4v) is 6.98. The van der Waals surface area contributed by atoms with Gasteiger partial charge < -0.3 is 25.0 Å². The number of nitrogens with zero attached hydrogens (tertiary/aromatic N) is 2. The van der Waals surface area contributed by atoms with Crippen molar-refractivity contribution in [2.24, 2.45) is 5.41 Å². The van der Waals surface area contributed by atoms with Crippen LogP contribution in [0.5, 0.6) is 0 Å². The van der Waals surface area contributed by atoms with Gasteiger partial charge in [-0.05, 0) is 80.7 Å². The van der Waals surface area contributed by atoms with Crippen LogP contribution in [0.1, 0.15) is 43.0 Å². The smallest absolute Gasteiger partial charge is 0.257 e. The molecule has 2 aromatic rings. The second-order valence-electron chi connectivity index (χ2n) is 10.8. The SMILES string of the molecule is CSc1ccc(NC(=O)c2ccc(NS(=O)(=O)CCO)cc2N2CCC3(CC2)CC3)cc1N1CCO[C@@H](C)C1. The van der Waals surface area contributed by atoms with Crippen LogP contribution in [0.2, 0.25) is 0 Å². The Morgan fingerprint density at radius 1 is 1.05 bits per heavy atom. The third-order valence-corrected chi connectivity index (χ3v) is 10.1.